The van der Waals surface area contributed by atoms with Crippen molar-refractivity contribution in [3.8, 4) is 34.1 Å². The number of nitrogens with zero attached hydrogens (tertiary/aromatic N) is 5. The lowest BCUT2D eigenvalue weighted by molar-refractivity contribution is 0.0429. The highest BCUT2D eigenvalue weighted by Gasteiger charge is 2.37. The van der Waals surface area contributed by atoms with E-state index in [1.54, 1.807) is 79.7 Å². The molecule has 14 heteroatoms. The molecule has 0 spiro atoms. The maximum Gasteiger partial charge on any atom is 0.425 e. The molecule has 0 unspecified atom stereocenters. The topological polar surface area (TPSA) is 181 Å². The summed E-state index contributed by atoms with van der Waals surface area (Å²) in [5.74, 6) is -0.196. The number of ether oxygens (including phenoxy) is 2. The fourth-order valence-corrected chi connectivity index (χ4v) is 4.93. The van der Waals surface area contributed by atoms with Gasteiger partial charge in [-0.05, 0) is 79.7 Å². The first-order valence-corrected chi connectivity index (χ1v) is 15.6. The molecule has 0 aliphatic rings. The minimum Gasteiger partial charge on any atom is -0.443 e. The first kappa shape index (κ1) is 33.1. The number of anilines is 2. The van der Waals surface area contributed by atoms with E-state index >= 15 is 0 Å². The van der Waals surface area contributed by atoms with Crippen LogP contribution in [0.25, 0.3) is 34.1 Å². The van der Waals surface area contributed by atoms with Crippen LogP contribution in [0.3, 0.4) is 0 Å². The van der Waals surface area contributed by atoms with E-state index in [0.717, 1.165) is 0 Å². The van der Waals surface area contributed by atoms with E-state index < -0.39 is 38.5 Å². The smallest absolute Gasteiger partial charge is 0.425 e. The Balaban J connectivity index is 1.90. The predicted molar refractivity (Wildman–Crippen MR) is 168 cm³/mol. The zero-order valence-electron chi connectivity index (χ0n) is 26.4. The molecule has 0 saturated carbocycles. The van der Waals surface area contributed by atoms with Gasteiger partial charge in [-0.2, -0.15) is 4.90 Å². The molecule has 45 heavy (non-hydrogen) atoms. The third-order valence-corrected chi connectivity index (χ3v) is 8.18. The molecule has 2 N–H and O–H groups in total. The first-order valence-electron chi connectivity index (χ1n) is 14.0. The normalized spacial score (nSPS) is 12.2. The maximum absolute atomic E-state index is 13.5. The predicted octanol–water partition coefficient (Wildman–Crippen LogP) is 6.30. The van der Waals surface area contributed by atoms with Gasteiger partial charge >= 0.3 is 12.2 Å². The van der Waals surface area contributed by atoms with Crippen molar-refractivity contribution < 1.29 is 32.0 Å². The number of pyridine rings is 1. The van der Waals surface area contributed by atoms with E-state index in [1.165, 1.54) is 30.6 Å². The Hall–Kier alpha value is -4.85. The number of aromatic nitrogens is 4. The Morgan fingerprint density at radius 1 is 0.844 bits per heavy atom. The van der Waals surface area contributed by atoms with Gasteiger partial charge in [0.25, 0.3) is 0 Å². The number of rotatable bonds is 6. The summed E-state index contributed by atoms with van der Waals surface area (Å²) in [5, 5.41) is 3.50. The molecular weight excluding hydrogens is 600 g/mol. The molecule has 4 aromatic rings. The van der Waals surface area contributed by atoms with Crippen LogP contribution in [0, 0.1) is 0 Å². The van der Waals surface area contributed by atoms with Gasteiger partial charge < -0.3 is 19.7 Å². The number of nitrogen functional groups attached to an aromatic ring is 1. The molecule has 0 saturated heterocycles. The summed E-state index contributed by atoms with van der Waals surface area (Å²) in [4.78, 5) is 41.2. The summed E-state index contributed by atoms with van der Waals surface area (Å²) in [6.45, 7) is 13.1. The Morgan fingerprint density at radius 3 is 1.96 bits per heavy atom. The summed E-state index contributed by atoms with van der Waals surface area (Å²) in [5.41, 5.74) is 5.82. The van der Waals surface area contributed by atoms with Gasteiger partial charge in [0.2, 0.25) is 0 Å². The Labute approximate surface area is 261 Å². The summed E-state index contributed by atoms with van der Waals surface area (Å²) >= 11 is 0. The molecule has 3 heterocycles. The molecule has 0 aliphatic carbocycles. The number of imide groups is 1. The first-order chi connectivity index (χ1) is 20.9. The number of carbonyl (C=O) groups is 2. The van der Waals surface area contributed by atoms with Crippen molar-refractivity contribution in [3.05, 3.63) is 54.9 Å². The van der Waals surface area contributed by atoms with Crippen LogP contribution >= 0.6 is 0 Å². The van der Waals surface area contributed by atoms with Crippen molar-refractivity contribution in [2.75, 3.05) is 10.6 Å². The van der Waals surface area contributed by atoms with Crippen molar-refractivity contribution in [3.63, 3.8) is 0 Å². The molecule has 238 valence electrons. The van der Waals surface area contributed by atoms with E-state index in [2.05, 4.69) is 15.1 Å². The third kappa shape index (κ3) is 7.81. The molecule has 1 aromatic carbocycles. The van der Waals surface area contributed by atoms with Gasteiger partial charge in [0.1, 0.15) is 16.9 Å². The highest BCUT2D eigenvalue weighted by atomic mass is 32.2. The molecule has 2 amide bonds. The van der Waals surface area contributed by atoms with Crippen LogP contribution in [-0.4, -0.2) is 57.2 Å². The van der Waals surface area contributed by atoms with E-state index in [9.17, 15) is 18.0 Å². The van der Waals surface area contributed by atoms with E-state index in [4.69, 9.17) is 24.7 Å². The quantitative estimate of drug-likeness (QED) is 0.250. The summed E-state index contributed by atoms with van der Waals surface area (Å²) in [7, 11) is -3.50. The maximum atomic E-state index is 13.5. The minimum atomic E-state index is -3.50. The van der Waals surface area contributed by atoms with E-state index in [1.807, 2.05) is 0 Å². The van der Waals surface area contributed by atoms with Crippen molar-refractivity contribution in [2.24, 2.45) is 0 Å². The number of amides is 2. The van der Waals surface area contributed by atoms with Crippen LogP contribution in [0.4, 0.5) is 21.1 Å². The summed E-state index contributed by atoms with van der Waals surface area (Å²) in [6.07, 6.45) is 0.697. The van der Waals surface area contributed by atoms with Crippen molar-refractivity contribution in [2.45, 2.75) is 76.7 Å². The molecular formula is C31H36N6O7S. The van der Waals surface area contributed by atoms with Gasteiger partial charge in [0, 0.05) is 11.6 Å². The van der Waals surface area contributed by atoms with Gasteiger partial charge in [-0.25, -0.2) is 28.0 Å². The Kier molecular flexibility index (Phi) is 9.01. The zero-order chi connectivity index (χ0) is 33.3. The van der Waals surface area contributed by atoms with Crippen molar-refractivity contribution in [1.29, 1.82) is 0 Å². The monoisotopic (exact) mass is 636 g/mol. The van der Waals surface area contributed by atoms with Crippen LogP contribution < -0.4 is 10.6 Å². The number of nitrogens with two attached hydrogens (primary N) is 1. The van der Waals surface area contributed by atoms with Crippen LogP contribution in [0.15, 0.2) is 64.3 Å². The van der Waals surface area contributed by atoms with Crippen LogP contribution in [-0.2, 0) is 19.3 Å². The molecule has 3 aromatic heterocycles. The lowest BCUT2D eigenvalue weighted by Crippen LogP contribution is -2.44. The number of carbonyl (C=O) groups excluding carboxylic acids is 2. The second-order valence-corrected chi connectivity index (χ2v) is 14.9. The van der Waals surface area contributed by atoms with Gasteiger partial charge in [-0.1, -0.05) is 17.3 Å². The molecule has 0 aliphatic heterocycles. The van der Waals surface area contributed by atoms with E-state index in [-0.39, 0.29) is 22.2 Å². The van der Waals surface area contributed by atoms with Crippen LogP contribution in [0.2, 0.25) is 0 Å². The summed E-state index contributed by atoms with van der Waals surface area (Å²) < 4.78 is 42.0. The number of hydrogen-bond acceptors (Lipinski definition) is 12. The zero-order valence-corrected chi connectivity index (χ0v) is 27.2. The van der Waals surface area contributed by atoms with Crippen LogP contribution in [0.5, 0.6) is 0 Å². The second-order valence-electron chi connectivity index (χ2n) is 12.4. The Bertz CT molecular complexity index is 1780. The molecule has 0 atom stereocenters. The fraction of sp³-hybridized carbons (Fsp3) is 0.355. The number of hydrogen-bond donors (Lipinski definition) is 1. The average Bonchev–Trinajstić information content (AvgIpc) is 3.42. The largest absolute Gasteiger partial charge is 0.443 e. The lowest BCUT2D eigenvalue weighted by atomic mass is 10.1. The lowest BCUT2D eigenvalue weighted by Gasteiger charge is -2.28. The molecule has 0 fully saturated rings. The van der Waals surface area contributed by atoms with Gasteiger partial charge in [0.05, 0.1) is 39.6 Å². The standard InChI is InChI=1S/C31H36N6O7S/c1-18(2)45(40,41)21-12-9-19(10-13-21)24-17-34-27(37(28(38)42-30(3,4)5)29(39)43-31(6,7)8)26(35-24)25-15-23(36-44-25)22-14-11-20(32)16-33-22/h9-18H,32H2,1-8H3. The second kappa shape index (κ2) is 12.3. The molecule has 4 rings (SSSR count). The fourth-order valence-electron chi connectivity index (χ4n) is 3.87. The molecule has 0 bridgehead atoms. The summed E-state index contributed by atoms with van der Waals surface area (Å²) in [6, 6.07) is 11.0. The van der Waals surface area contributed by atoms with Gasteiger partial charge in [-0.15, -0.1) is 0 Å². The average molecular weight is 637 g/mol. The van der Waals surface area contributed by atoms with Crippen molar-refractivity contribution >= 4 is 33.5 Å². The SMILES string of the molecule is CC(C)S(=O)(=O)c1ccc(-c2cnc(N(C(=O)OC(C)(C)C)C(=O)OC(C)(C)C)c(-c3cc(-c4ccc(N)cn4)no3)n2)cc1. The number of benzene rings is 1. The van der Waals surface area contributed by atoms with Gasteiger partial charge in [0.15, 0.2) is 27.1 Å². The van der Waals surface area contributed by atoms with Crippen molar-refractivity contribution in [1.82, 2.24) is 20.1 Å². The van der Waals surface area contributed by atoms with E-state index in [0.29, 0.717) is 33.2 Å². The third-order valence-electron chi connectivity index (χ3n) is 6.01. The molecule has 13 nitrogen and oxygen atoms in total. The minimum absolute atomic E-state index is 0.0442. The molecule has 0 radical (unpaired) electrons. The highest BCUT2D eigenvalue weighted by molar-refractivity contribution is 7.92. The van der Waals surface area contributed by atoms with Crippen LogP contribution in [0.1, 0.15) is 55.4 Å². The number of sulfone groups is 1. The Morgan fingerprint density at radius 2 is 1.44 bits per heavy atom. The highest BCUT2D eigenvalue weighted by Crippen LogP contribution is 2.34. The van der Waals surface area contributed by atoms with Gasteiger partial charge in [-0.3, -0.25) is 4.98 Å².